The summed E-state index contributed by atoms with van der Waals surface area (Å²) >= 11 is 0. The number of ether oxygens (including phenoxy) is 3. The average molecular weight is 514 g/mol. The third kappa shape index (κ3) is 5.16. The second-order valence-corrected chi connectivity index (χ2v) is 8.39. The number of nitriles is 1. The summed E-state index contributed by atoms with van der Waals surface area (Å²) < 4.78 is 54.5. The molecule has 1 saturated heterocycles. The van der Waals surface area contributed by atoms with Gasteiger partial charge in [0, 0.05) is 24.6 Å². The van der Waals surface area contributed by atoms with Crippen molar-refractivity contribution in [3.63, 3.8) is 0 Å². The summed E-state index contributed by atoms with van der Waals surface area (Å²) in [6, 6.07) is 10.6. The quantitative estimate of drug-likeness (QED) is 0.536. The van der Waals surface area contributed by atoms with Crippen molar-refractivity contribution >= 4 is 17.2 Å². The molecule has 1 amide bonds. The molecule has 2 atom stereocenters. The van der Waals surface area contributed by atoms with Crippen LogP contribution in [0, 0.1) is 11.3 Å². The van der Waals surface area contributed by atoms with Crippen LogP contribution in [-0.4, -0.2) is 59.6 Å². The first-order chi connectivity index (χ1) is 17.7. The van der Waals surface area contributed by atoms with Crippen molar-refractivity contribution in [2.75, 3.05) is 31.7 Å². The van der Waals surface area contributed by atoms with Crippen LogP contribution < -0.4 is 19.8 Å². The first-order valence-corrected chi connectivity index (χ1v) is 11.2. The number of fused-ring (bicyclic) bond motifs is 1. The van der Waals surface area contributed by atoms with Crippen LogP contribution in [0.2, 0.25) is 0 Å². The van der Waals surface area contributed by atoms with E-state index in [1.54, 1.807) is 10.5 Å². The molecule has 2 aromatic heterocycles. The number of amides is 1. The molecule has 0 saturated carbocycles. The molecule has 37 heavy (non-hydrogen) atoms. The summed E-state index contributed by atoms with van der Waals surface area (Å²) in [5, 5.41) is 11.4. The lowest BCUT2D eigenvalue weighted by Crippen LogP contribution is -2.48. The second-order valence-electron chi connectivity index (χ2n) is 8.39. The van der Waals surface area contributed by atoms with Gasteiger partial charge in [-0.05, 0) is 42.5 Å². The lowest BCUT2D eigenvalue weighted by atomic mass is 10.2. The SMILES string of the molecule is CN1C=CC(c2ccc(OC[C@@H]3CN(c4ccc(OC(F)(F)F)cc4)C(=O)CO3)c3ncc(C#N)n23)N1. The number of nitrogens with one attached hydrogen (secondary N) is 1. The van der Waals surface area contributed by atoms with Crippen LogP contribution in [-0.2, 0) is 9.53 Å². The highest BCUT2D eigenvalue weighted by molar-refractivity contribution is 5.95. The number of morpholine rings is 1. The molecule has 3 aromatic rings. The van der Waals surface area contributed by atoms with Crippen molar-refractivity contribution in [3.05, 3.63) is 66.3 Å². The maximum atomic E-state index is 12.4. The lowest BCUT2D eigenvalue weighted by molar-refractivity contribution is -0.274. The summed E-state index contributed by atoms with van der Waals surface area (Å²) in [7, 11) is 1.87. The van der Waals surface area contributed by atoms with Crippen LogP contribution in [0.1, 0.15) is 17.4 Å². The van der Waals surface area contributed by atoms with E-state index in [0.717, 1.165) is 17.8 Å². The Hall–Kier alpha value is -4.28. The van der Waals surface area contributed by atoms with Gasteiger partial charge in [0.25, 0.3) is 5.91 Å². The normalized spacial score (nSPS) is 19.9. The minimum atomic E-state index is -4.80. The molecule has 0 bridgehead atoms. The second kappa shape index (κ2) is 9.64. The Morgan fingerprint density at radius 2 is 2.03 bits per heavy atom. The molecule has 0 aliphatic carbocycles. The minimum absolute atomic E-state index is 0.0765. The summed E-state index contributed by atoms with van der Waals surface area (Å²) in [6.45, 7) is -0.000848. The predicted octanol–water partition coefficient (Wildman–Crippen LogP) is 2.92. The molecular weight excluding hydrogens is 493 g/mol. The van der Waals surface area contributed by atoms with E-state index in [1.165, 1.54) is 23.2 Å². The molecule has 1 N–H and O–H groups in total. The van der Waals surface area contributed by atoms with Gasteiger partial charge >= 0.3 is 6.36 Å². The number of pyridine rings is 1. The van der Waals surface area contributed by atoms with Crippen LogP contribution in [0.4, 0.5) is 18.9 Å². The molecular formula is C24H21F3N6O4. The maximum absolute atomic E-state index is 12.4. The maximum Gasteiger partial charge on any atom is 0.573 e. The standard InChI is InChI=1S/C24H21F3N6O4/c1-31-9-8-19(30-31)20-6-7-21(23-29-11-16(10-28)33(20)23)36-13-18-12-32(22(34)14-35-18)15-2-4-17(5-3-15)37-24(25,26)27/h2-9,11,18-19,30H,12-14H2,1H3/t18-,19?/m0/s1. The van der Waals surface area contributed by atoms with Crippen molar-refractivity contribution in [2.24, 2.45) is 0 Å². The number of hydrogen-bond acceptors (Lipinski definition) is 8. The van der Waals surface area contributed by atoms with Crippen LogP contribution in [0.25, 0.3) is 5.65 Å². The summed E-state index contributed by atoms with van der Waals surface area (Å²) in [4.78, 5) is 18.2. The summed E-state index contributed by atoms with van der Waals surface area (Å²) in [6.07, 6.45) is -0.000557. The molecule has 2 aliphatic heterocycles. The van der Waals surface area contributed by atoms with Crippen molar-refractivity contribution in [1.29, 1.82) is 5.26 Å². The van der Waals surface area contributed by atoms with Gasteiger partial charge in [-0.25, -0.2) is 10.4 Å². The Morgan fingerprint density at radius 3 is 2.70 bits per heavy atom. The van der Waals surface area contributed by atoms with Crippen LogP contribution in [0.3, 0.4) is 0 Å². The van der Waals surface area contributed by atoms with Crippen molar-refractivity contribution in [1.82, 2.24) is 19.8 Å². The van der Waals surface area contributed by atoms with E-state index in [1.807, 2.05) is 30.4 Å². The van der Waals surface area contributed by atoms with Crippen molar-refractivity contribution < 1.29 is 32.2 Å². The van der Waals surface area contributed by atoms with E-state index in [9.17, 15) is 23.2 Å². The molecule has 0 radical (unpaired) electrons. The minimum Gasteiger partial charge on any atom is -0.487 e. The van der Waals surface area contributed by atoms with E-state index in [0.29, 0.717) is 22.8 Å². The van der Waals surface area contributed by atoms with Gasteiger partial charge in [0.2, 0.25) is 0 Å². The average Bonchev–Trinajstić information content (AvgIpc) is 3.49. The molecule has 1 fully saturated rings. The first-order valence-electron chi connectivity index (χ1n) is 11.2. The molecule has 4 heterocycles. The zero-order valence-corrected chi connectivity index (χ0v) is 19.5. The van der Waals surface area contributed by atoms with Crippen molar-refractivity contribution in [2.45, 2.75) is 18.5 Å². The Morgan fingerprint density at radius 1 is 1.24 bits per heavy atom. The highest BCUT2D eigenvalue weighted by atomic mass is 19.4. The predicted molar refractivity (Wildman–Crippen MR) is 123 cm³/mol. The fraction of sp³-hybridized carbons (Fsp3) is 0.292. The highest BCUT2D eigenvalue weighted by Crippen LogP contribution is 2.29. The van der Waals surface area contributed by atoms with Gasteiger partial charge in [-0.15, -0.1) is 13.2 Å². The number of benzene rings is 1. The number of carbonyl (C=O) groups excluding carboxylic acids is 1. The topological polar surface area (TPSA) is 104 Å². The molecule has 0 spiro atoms. The molecule has 10 nitrogen and oxygen atoms in total. The summed E-state index contributed by atoms with van der Waals surface area (Å²) in [5.41, 5.74) is 5.28. The van der Waals surface area contributed by atoms with Crippen LogP contribution in [0.5, 0.6) is 11.5 Å². The molecule has 1 unspecified atom stereocenters. The first kappa shape index (κ1) is 24.4. The third-order valence-electron chi connectivity index (χ3n) is 5.86. The van der Waals surface area contributed by atoms with E-state index in [-0.39, 0.29) is 37.5 Å². The largest absolute Gasteiger partial charge is 0.573 e. The Bertz CT molecular complexity index is 1380. The van der Waals surface area contributed by atoms with Crippen molar-refractivity contribution in [3.8, 4) is 17.6 Å². The monoisotopic (exact) mass is 514 g/mol. The number of nitrogens with zero attached hydrogens (tertiary/aromatic N) is 5. The van der Waals surface area contributed by atoms with Gasteiger partial charge < -0.3 is 24.1 Å². The van der Waals surface area contributed by atoms with E-state index in [2.05, 4.69) is 21.2 Å². The number of alkyl halides is 3. The van der Waals surface area contributed by atoms with Gasteiger partial charge in [-0.2, -0.15) is 5.26 Å². The lowest BCUT2D eigenvalue weighted by Gasteiger charge is -2.32. The molecule has 1 aromatic carbocycles. The number of imidazole rings is 1. The van der Waals surface area contributed by atoms with Crippen LogP contribution >= 0.6 is 0 Å². The highest BCUT2D eigenvalue weighted by Gasteiger charge is 2.32. The number of hydrazine groups is 1. The van der Waals surface area contributed by atoms with E-state index >= 15 is 0 Å². The Labute approximate surface area is 209 Å². The van der Waals surface area contributed by atoms with E-state index < -0.39 is 12.5 Å². The number of aromatic nitrogens is 2. The molecule has 2 aliphatic rings. The smallest absolute Gasteiger partial charge is 0.487 e. The Kier molecular flexibility index (Phi) is 6.36. The summed E-state index contributed by atoms with van der Waals surface area (Å²) in [5.74, 6) is -0.279. The number of carbonyl (C=O) groups is 1. The van der Waals surface area contributed by atoms with Gasteiger partial charge in [0.05, 0.1) is 18.8 Å². The number of rotatable bonds is 6. The van der Waals surface area contributed by atoms with Gasteiger partial charge in [-0.3, -0.25) is 9.20 Å². The fourth-order valence-corrected chi connectivity index (χ4v) is 4.20. The molecule has 192 valence electrons. The van der Waals surface area contributed by atoms with Crippen LogP contribution in [0.15, 0.2) is 54.9 Å². The van der Waals surface area contributed by atoms with Gasteiger partial charge in [0.15, 0.2) is 11.4 Å². The van der Waals surface area contributed by atoms with Gasteiger partial charge in [-0.1, -0.05) is 0 Å². The Balaban J connectivity index is 1.30. The molecule has 13 heteroatoms. The number of anilines is 1. The van der Waals surface area contributed by atoms with Gasteiger partial charge in [0.1, 0.15) is 36.8 Å². The molecule has 5 rings (SSSR count). The third-order valence-corrected chi connectivity index (χ3v) is 5.86. The fourth-order valence-electron chi connectivity index (χ4n) is 4.20. The van der Waals surface area contributed by atoms with E-state index in [4.69, 9.17) is 9.47 Å². The number of halogens is 3. The zero-order chi connectivity index (χ0) is 26.2. The number of hydrogen-bond donors (Lipinski definition) is 1. The zero-order valence-electron chi connectivity index (χ0n) is 19.5.